The van der Waals surface area contributed by atoms with Crippen LogP contribution in [0.4, 0.5) is 0 Å². The van der Waals surface area contributed by atoms with E-state index in [-0.39, 0.29) is 22.9 Å². The van der Waals surface area contributed by atoms with Crippen molar-refractivity contribution in [2.24, 2.45) is 0 Å². The lowest BCUT2D eigenvalue weighted by Gasteiger charge is -2.35. The van der Waals surface area contributed by atoms with Crippen molar-refractivity contribution in [2.45, 2.75) is 50.6 Å². The quantitative estimate of drug-likeness (QED) is 0.802. The maximum atomic E-state index is 12.9. The number of morpholine rings is 1. The molecule has 7 heteroatoms. The highest BCUT2D eigenvalue weighted by Crippen LogP contribution is 2.32. The molecular weight excluding hydrogens is 302 g/mol. The van der Waals surface area contributed by atoms with Crippen molar-refractivity contribution in [3.63, 3.8) is 0 Å². The lowest BCUT2D eigenvalue weighted by molar-refractivity contribution is -0.0171. The highest BCUT2D eigenvalue weighted by atomic mass is 35.5. The fourth-order valence-corrected chi connectivity index (χ4v) is 5.04. The molecule has 1 aliphatic heterocycles. The molecule has 1 aromatic rings. The highest BCUT2D eigenvalue weighted by molar-refractivity contribution is 7.89. The van der Waals surface area contributed by atoms with Gasteiger partial charge in [0.15, 0.2) is 0 Å². The number of nitrogens with zero attached hydrogens (tertiary/aromatic N) is 1. The molecule has 0 radical (unpaired) electrons. The fraction of sp³-hybridized carbons (Fsp3) is 0.692. The van der Waals surface area contributed by atoms with Crippen LogP contribution in [-0.2, 0) is 20.6 Å². The van der Waals surface area contributed by atoms with Gasteiger partial charge >= 0.3 is 0 Å². The molecular formula is C13H20ClNO4S. The first-order valence-electron chi connectivity index (χ1n) is 6.57. The summed E-state index contributed by atoms with van der Waals surface area (Å²) in [6, 6.07) is -0.200. The number of ether oxygens (including phenoxy) is 1. The van der Waals surface area contributed by atoms with E-state index in [1.807, 2.05) is 13.8 Å². The number of sulfonamides is 1. The summed E-state index contributed by atoms with van der Waals surface area (Å²) in [6.45, 7) is 7.83. The van der Waals surface area contributed by atoms with Gasteiger partial charge in [0.1, 0.15) is 16.4 Å². The molecule has 0 N–H and O–H groups in total. The molecule has 2 atom stereocenters. The Labute approximate surface area is 124 Å². The Morgan fingerprint density at radius 1 is 1.30 bits per heavy atom. The number of hydrogen-bond donors (Lipinski definition) is 0. The van der Waals surface area contributed by atoms with Crippen molar-refractivity contribution in [1.82, 2.24) is 4.31 Å². The van der Waals surface area contributed by atoms with E-state index in [4.69, 9.17) is 20.8 Å². The maximum absolute atomic E-state index is 12.9. The Kier molecular flexibility index (Phi) is 4.49. The lowest BCUT2D eigenvalue weighted by atomic mass is 10.2. The molecule has 1 saturated heterocycles. The normalized spacial score (nSPS) is 25.1. The van der Waals surface area contributed by atoms with Crippen molar-refractivity contribution in [3.05, 3.63) is 17.1 Å². The van der Waals surface area contributed by atoms with E-state index in [0.717, 1.165) is 0 Å². The topological polar surface area (TPSA) is 59.8 Å². The molecule has 0 saturated carbocycles. The number of hydrogen-bond acceptors (Lipinski definition) is 4. The summed E-state index contributed by atoms with van der Waals surface area (Å²) in [4.78, 5) is 0.214. The monoisotopic (exact) mass is 321 g/mol. The van der Waals surface area contributed by atoms with Crippen LogP contribution in [0.1, 0.15) is 30.9 Å². The van der Waals surface area contributed by atoms with E-state index in [9.17, 15) is 8.42 Å². The second-order valence-electron chi connectivity index (χ2n) is 5.22. The van der Waals surface area contributed by atoms with Crippen LogP contribution in [-0.4, -0.2) is 38.0 Å². The third-order valence-corrected chi connectivity index (χ3v) is 6.02. The molecule has 1 aromatic heterocycles. The smallest absolute Gasteiger partial charge is 0.247 e. The van der Waals surface area contributed by atoms with Gasteiger partial charge in [-0.3, -0.25) is 0 Å². The van der Waals surface area contributed by atoms with Gasteiger partial charge in [-0.2, -0.15) is 4.31 Å². The molecule has 0 aromatic carbocycles. The molecule has 20 heavy (non-hydrogen) atoms. The molecule has 2 unspecified atom stereocenters. The zero-order chi connectivity index (χ0) is 15.1. The van der Waals surface area contributed by atoms with Gasteiger partial charge in [0.25, 0.3) is 0 Å². The summed E-state index contributed by atoms with van der Waals surface area (Å²) in [5.41, 5.74) is 0.551. The van der Waals surface area contributed by atoms with Crippen LogP contribution >= 0.6 is 11.6 Å². The minimum absolute atomic E-state index is 0.117. The van der Waals surface area contributed by atoms with Gasteiger partial charge < -0.3 is 9.15 Å². The number of rotatable bonds is 3. The van der Waals surface area contributed by atoms with Crippen LogP contribution in [0.2, 0.25) is 0 Å². The van der Waals surface area contributed by atoms with E-state index in [2.05, 4.69) is 0 Å². The second kappa shape index (κ2) is 5.67. The van der Waals surface area contributed by atoms with Gasteiger partial charge in [-0.1, -0.05) is 0 Å². The van der Waals surface area contributed by atoms with Crippen LogP contribution in [0, 0.1) is 13.8 Å². The Morgan fingerprint density at radius 2 is 1.95 bits per heavy atom. The van der Waals surface area contributed by atoms with Crippen molar-refractivity contribution >= 4 is 21.6 Å². The van der Waals surface area contributed by atoms with Gasteiger partial charge in [0.2, 0.25) is 10.0 Å². The summed E-state index contributed by atoms with van der Waals surface area (Å²) in [5.74, 6) is 1.07. The average molecular weight is 322 g/mol. The number of aryl methyl sites for hydroxylation is 2. The van der Waals surface area contributed by atoms with Crippen molar-refractivity contribution in [3.8, 4) is 0 Å². The molecule has 0 aliphatic carbocycles. The first-order chi connectivity index (χ1) is 9.28. The zero-order valence-electron chi connectivity index (χ0n) is 12.1. The van der Waals surface area contributed by atoms with Gasteiger partial charge in [-0.15, -0.1) is 11.6 Å². The number of halogens is 1. The summed E-state index contributed by atoms with van der Waals surface area (Å²) < 4.78 is 38.2. The van der Waals surface area contributed by atoms with Gasteiger partial charge in [0, 0.05) is 18.2 Å². The predicted molar refractivity (Wildman–Crippen MR) is 76.5 cm³/mol. The highest BCUT2D eigenvalue weighted by Gasteiger charge is 2.38. The summed E-state index contributed by atoms with van der Waals surface area (Å²) in [6.07, 6.45) is -0.117. The van der Waals surface area contributed by atoms with E-state index in [1.54, 1.807) is 13.8 Å². The molecule has 1 aliphatic rings. The minimum atomic E-state index is -3.62. The van der Waals surface area contributed by atoms with Crippen LogP contribution in [0.15, 0.2) is 9.31 Å². The van der Waals surface area contributed by atoms with Crippen molar-refractivity contribution in [1.29, 1.82) is 0 Å². The Hall–Kier alpha value is -0.560. The van der Waals surface area contributed by atoms with Gasteiger partial charge in [0.05, 0.1) is 18.6 Å². The molecule has 2 rings (SSSR count). The Balaban J connectivity index is 2.50. The third-order valence-electron chi connectivity index (χ3n) is 3.58. The maximum Gasteiger partial charge on any atom is 0.247 e. The summed E-state index contributed by atoms with van der Waals surface area (Å²) in [7, 11) is -3.62. The standard InChI is InChI=1S/C13H20ClNO4S/c1-8-7-18-9(2)6-15(8)20(16,17)13-11(4)19-10(3)12(13)5-14/h8-9H,5-7H2,1-4H3. The van der Waals surface area contributed by atoms with E-state index >= 15 is 0 Å². The average Bonchev–Trinajstić information content (AvgIpc) is 2.66. The Morgan fingerprint density at radius 3 is 2.55 bits per heavy atom. The fourth-order valence-electron chi connectivity index (χ4n) is 2.53. The summed E-state index contributed by atoms with van der Waals surface area (Å²) >= 11 is 5.89. The largest absolute Gasteiger partial charge is 0.465 e. The first kappa shape index (κ1) is 15.8. The SMILES string of the molecule is Cc1oc(C)c(S(=O)(=O)N2CC(C)OCC2C)c1CCl. The first-order valence-corrected chi connectivity index (χ1v) is 8.54. The zero-order valence-corrected chi connectivity index (χ0v) is 13.7. The van der Waals surface area contributed by atoms with Gasteiger partial charge in [-0.25, -0.2) is 8.42 Å². The number of furan rings is 1. The number of alkyl halides is 1. The Bertz CT molecular complexity index is 596. The molecule has 1 fully saturated rings. The minimum Gasteiger partial charge on any atom is -0.465 e. The molecule has 114 valence electrons. The second-order valence-corrected chi connectivity index (χ2v) is 7.32. The lowest BCUT2D eigenvalue weighted by Crippen LogP contribution is -2.50. The predicted octanol–water partition coefficient (Wildman–Crippen LogP) is 2.43. The van der Waals surface area contributed by atoms with E-state index in [1.165, 1.54) is 4.31 Å². The van der Waals surface area contributed by atoms with Crippen LogP contribution in [0.3, 0.4) is 0 Å². The van der Waals surface area contributed by atoms with Crippen LogP contribution in [0.5, 0.6) is 0 Å². The molecule has 0 bridgehead atoms. The van der Waals surface area contributed by atoms with Crippen molar-refractivity contribution < 1.29 is 17.6 Å². The summed E-state index contributed by atoms with van der Waals surface area (Å²) in [5, 5.41) is 0. The van der Waals surface area contributed by atoms with Crippen LogP contribution < -0.4 is 0 Å². The van der Waals surface area contributed by atoms with Crippen molar-refractivity contribution in [2.75, 3.05) is 13.2 Å². The van der Waals surface area contributed by atoms with Gasteiger partial charge in [-0.05, 0) is 27.7 Å². The molecule has 0 amide bonds. The molecule has 2 heterocycles. The third kappa shape index (κ3) is 2.62. The van der Waals surface area contributed by atoms with E-state index < -0.39 is 10.0 Å². The van der Waals surface area contributed by atoms with Crippen LogP contribution in [0.25, 0.3) is 0 Å². The van der Waals surface area contributed by atoms with E-state index in [0.29, 0.717) is 30.2 Å². The molecule has 5 nitrogen and oxygen atoms in total. The molecule has 0 spiro atoms.